The first-order valence-electron chi connectivity index (χ1n) is 4.62. The molecule has 0 saturated heterocycles. The van der Waals surface area contributed by atoms with Crippen LogP contribution in [0.15, 0.2) is 29.3 Å². The number of amidine groups is 1. The van der Waals surface area contributed by atoms with Crippen LogP contribution in [0.3, 0.4) is 0 Å². The Bertz CT molecular complexity index is 387. The minimum Gasteiger partial charge on any atom is -0.280 e. The standard InChI is InChI=1S/C11H12ClN3/c1-8(2)11(14-7-13)15-10-5-3-9(12)4-6-10/h3-6,8H,1-2H3,(H,14,15). The van der Waals surface area contributed by atoms with Crippen molar-refractivity contribution in [1.82, 2.24) is 5.32 Å². The number of nitrogens with one attached hydrogen (secondary N) is 1. The highest BCUT2D eigenvalue weighted by Gasteiger charge is 2.03. The van der Waals surface area contributed by atoms with E-state index in [9.17, 15) is 0 Å². The fourth-order valence-electron chi connectivity index (χ4n) is 1.01. The van der Waals surface area contributed by atoms with Gasteiger partial charge in [-0.1, -0.05) is 25.4 Å². The monoisotopic (exact) mass is 221 g/mol. The number of benzene rings is 1. The Hall–Kier alpha value is -1.53. The lowest BCUT2D eigenvalue weighted by atomic mass is 10.2. The molecule has 0 aliphatic heterocycles. The van der Waals surface area contributed by atoms with Crippen molar-refractivity contribution < 1.29 is 0 Å². The fourth-order valence-corrected chi connectivity index (χ4v) is 1.14. The van der Waals surface area contributed by atoms with Crippen molar-refractivity contribution in [2.75, 3.05) is 0 Å². The lowest BCUT2D eigenvalue weighted by Gasteiger charge is -2.06. The molecule has 0 bridgehead atoms. The molecule has 3 nitrogen and oxygen atoms in total. The van der Waals surface area contributed by atoms with Crippen LogP contribution in [0.2, 0.25) is 5.02 Å². The number of hydrogen-bond acceptors (Lipinski definition) is 2. The molecule has 0 amide bonds. The van der Waals surface area contributed by atoms with E-state index < -0.39 is 0 Å². The van der Waals surface area contributed by atoms with Gasteiger partial charge >= 0.3 is 0 Å². The molecule has 1 N–H and O–H groups in total. The molecule has 0 atom stereocenters. The summed E-state index contributed by atoms with van der Waals surface area (Å²) in [4.78, 5) is 4.31. The summed E-state index contributed by atoms with van der Waals surface area (Å²) in [6.07, 6.45) is 1.87. The van der Waals surface area contributed by atoms with Gasteiger partial charge in [0.2, 0.25) is 0 Å². The Kier molecular flexibility index (Phi) is 4.14. The Labute approximate surface area is 94.4 Å². The van der Waals surface area contributed by atoms with Crippen LogP contribution in [0.1, 0.15) is 13.8 Å². The van der Waals surface area contributed by atoms with Crippen molar-refractivity contribution in [1.29, 1.82) is 5.26 Å². The number of nitriles is 1. The van der Waals surface area contributed by atoms with Gasteiger partial charge in [-0.05, 0) is 24.3 Å². The minimum absolute atomic E-state index is 0.181. The van der Waals surface area contributed by atoms with E-state index in [1.165, 1.54) is 0 Å². The molecule has 4 heteroatoms. The van der Waals surface area contributed by atoms with E-state index in [2.05, 4.69) is 10.3 Å². The van der Waals surface area contributed by atoms with Gasteiger partial charge in [-0.15, -0.1) is 0 Å². The smallest absolute Gasteiger partial charge is 0.182 e. The second kappa shape index (κ2) is 5.38. The molecule has 1 aromatic carbocycles. The number of hydrogen-bond donors (Lipinski definition) is 1. The van der Waals surface area contributed by atoms with Crippen molar-refractivity contribution in [3.63, 3.8) is 0 Å². The molecule has 1 rings (SSSR count). The molecule has 0 aromatic heterocycles. The van der Waals surface area contributed by atoms with E-state index in [4.69, 9.17) is 16.9 Å². The fraction of sp³-hybridized carbons (Fsp3) is 0.273. The quantitative estimate of drug-likeness (QED) is 0.361. The summed E-state index contributed by atoms with van der Waals surface area (Å²) in [5.41, 5.74) is 0.783. The molecule has 0 radical (unpaired) electrons. The number of aliphatic imine (C=N–C) groups is 1. The average Bonchev–Trinajstić information content (AvgIpc) is 2.20. The molecule has 0 aliphatic rings. The first-order valence-corrected chi connectivity index (χ1v) is 5.00. The highest BCUT2D eigenvalue weighted by atomic mass is 35.5. The third-order valence-corrected chi connectivity index (χ3v) is 2.06. The van der Waals surface area contributed by atoms with Crippen LogP contribution in [0, 0.1) is 17.4 Å². The first kappa shape index (κ1) is 11.5. The maximum atomic E-state index is 8.54. The number of nitrogens with zero attached hydrogens (tertiary/aromatic N) is 2. The van der Waals surface area contributed by atoms with Crippen molar-refractivity contribution >= 4 is 23.1 Å². The third kappa shape index (κ3) is 3.61. The zero-order valence-electron chi connectivity index (χ0n) is 8.66. The van der Waals surface area contributed by atoms with E-state index in [0.29, 0.717) is 10.9 Å². The van der Waals surface area contributed by atoms with E-state index >= 15 is 0 Å². The molecule has 0 spiro atoms. The van der Waals surface area contributed by atoms with Crippen LogP contribution < -0.4 is 5.32 Å². The van der Waals surface area contributed by atoms with Crippen molar-refractivity contribution in [2.45, 2.75) is 13.8 Å². The summed E-state index contributed by atoms with van der Waals surface area (Å²) in [5, 5.41) is 11.8. The molecule has 0 aliphatic carbocycles. The SMILES string of the molecule is CC(C)C(=Nc1ccc(Cl)cc1)NC#N. The van der Waals surface area contributed by atoms with Gasteiger partial charge in [0.05, 0.1) is 5.69 Å². The predicted octanol–water partition coefficient (Wildman–Crippen LogP) is 3.10. The number of halogens is 1. The Morgan fingerprint density at radius 2 is 2.00 bits per heavy atom. The minimum atomic E-state index is 0.181. The maximum absolute atomic E-state index is 8.54. The van der Waals surface area contributed by atoms with Gasteiger partial charge in [0, 0.05) is 10.9 Å². The lowest BCUT2D eigenvalue weighted by molar-refractivity contribution is 0.851. The van der Waals surface area contributed by atoms with E-state index in [-0.39, 0.29) is 5.92 Å². The van der Waals surface area contributed by atoms with E-state index in [0.717, 1.165) is 5.69 Å². The molecule has 0 fully saturated rings. The van der Waals surface area contributed by atoms with Crippen LogP contribution in [-0.2, 0) is 0 Å². The second-order valence-electron chi connectivity index (χ2n) is 3.36. The molecule has 0 saturated carbocycles. The Morgan fingerprint density at radius 1 is 1.40 bits per heavy atom. The van der Waals surface area contributed by atoms with Crippen LogP contribution in [0.25, 0.3) is 0 Å². The van der Waals surface area contributed by atoms with Crippen molar-refractivity contribution in [3.8, 4) is 6.19 Å². The summed E-state index contributed by atoms with van der Waals surface area (Å²) in [6.45, 7) is 3.94. The summed E-state index contributed by atoms with van der Waals surface area (Å²) < 4.78 is 0. The molecule has 78 valence electrons. The van der Waals surface area contributed by atoms with Crippen LogP contribution in [0.5, 0.6) is 0 Å². The largest absolute Gasteiger partial charge is 0.280 e. The lowest BCUT2D eigenvalue weighted by Crippen LogP contribution is -2.23. The van der Waals surface area contributed by atoms with Gasteiger partial charge in [-0.25, -0.2) is 4.99 Å². The van der Waals surface area contributed by atoms with Crippen LogP contribution >= 0.6 is 11.6 Å². The maximum Gasteiger partial charge on any atom is 0.182 e. The topological polar surface area (TPSA) is 48.2 Å². The summed E-state index contributed by atoms with van der Waals surface area (Å²) in [6, 6.07) is 7.16. The van der Waals surface area contributed by atoms with Gasteiger partial charge in [-0.2, -0.15) is 5.26 Å². The summed E-state index contributed by atoms with van der Waals surface area (Å²) in [7, 11) is 0. The predicted molar refractivity (Wildman–Crippen MR) is 62.1 cm³/mol. The van der Waals surface area contributed by atoms with Crippen LogP contribution in [-0.4, -0.2) is 5.84 Å². The first-order chi connectivity index (χ1) is 7.13. The van der Waals surface area contributed by atoms with Gasteiger partial charge in [0.1, 0.15) is 5.84 Å². The summed E-state index contributed by atoms with van der Waals surface area (Å²) in [5.74, 6) is 0.833. The highest BCUT2D eigenvalue weighted by Crippen LogP contribution is 2.17. The zero-order chi connectivity index (χ0) is 11.3. The molecule has 15 heavy (non-hydrogen) atoms. The molecule has 1 aromatic rings. The van der Waals surface area contributed by atoms with Gasteiger partial charge < -0.3 is 0 Å². The molecular formula is C11H12ClN3. The van der Waals surface area contributed by atoms with Gasteiger partial charge in [0.15, 0.2) is 6.19 Å². The average molecular weight is 222 g/mol. The van der Waals surface area contributed by atoms with Crippen molar-refractivity contribution in [3.05, 3.63) is 29.3 Å². The normalized spacial score (nSPS) is 11.3. The van der Waals surface area contributed by atoms with E-state index in [1.54, 1.807) is 12.1 Å². The number of rotatable bonds is 2. The Morgan fingerprint density at radius 3 is 2.47 bits per heavy atom. The zero-order valence-corrected chi connectivity index (χ0v) is 9.42. The Balaban J connectivity index is 2.92. The van der Waals surface area contributed by atoms with Gasteiger partial charge in [0.25, 0.3) is 0 Å². The molecule has 0 heterocycles. The highest BCUT2D eigenvalue weighted by molar-refractivity contribution is 6.30. The van der Waals surface area contributed by atoms with E-state index in [1.807, 2.05) is 32.2 Å². The van der Waals surface area contributed by atoms with Gasteiger partial charge in [-0.3, -0.25) is 5.32 Å². The second-order valence-corrected chi connectivity index (χ2v) is 3.80. The summed E-state index contributed by atoms with van der Waals surface area (Å²) >= 11 is 5.76. The van der Waals surface area contributed by atoms with Crippen LogP contribution in [0.4, 0.5) is 5.69 Å². The molecular weight excluding hydrogens is 210 g/mol. The third-order valence-electron chi connectivity index (χ3n) is 1.81. The molecule has 0 unspecified atom stereocenters. The van der Waals surface area contributed by atoms with Crippen molar-refractivity contribution in [2.24, 2.45) is 10.9 Å².